The third-order valence-corrected chi connectivity index (χ3v) is 6.27. The molecule has 1 rings (SSSR count). The van der Waals surface area contributed by atoms with Crippen molar-refractivity contribution in [2.24, 2.45) is 11.3 Å². The predicted molar refractivity (Wildman–Crippen MR) is 98.8 cm³/mol. The van der Waals surface area contributed by atoms with Gasteiger partial charge >= 0.3 is 0 Å². The highest BCUT2D eigenvalue weighted by atomic mass is 15.5. The minimum absolute atomic E-state index is 0.281. The van der Waals surface area contributed by atoms with E-state index in [4.69, 9.17) is 5.84 Å². The van der Waals surface area contributed by atoms with E-state index in [0.29, 0.717) is 5.41 Å². The van der Waals surface area contributed by atoms with Crippen LogP contribution in [0.1, 0.15) is 111 Å². The number of nitrogens with zero attached hydrogens (tertiary/aromatic N) is 1. The lowest BCUT2D eigenvalue weighted by Crippen LogP contribution is -2.56. The monoisotopic (exact) mass is 310 g/mol. The van der Waals surface area contributed by atoms with Crippen molar-refractivity contribution in [1.29, 1.82) is 0 Å². The van der Waals surface area contributed by atoms with E-state index in [-0.39, 0.29) is 5.54 Å². The van der Waals surface area contributed by atoms with E-state index in [1.165, 1.54) is 83.5 Å². The first-order valence-corrected chi connectivity index (χ1v) is 10.1. The largest absolute Gasteiger partial charge is 0.268 e. The molecule has 0 radical (unpaired) electrons. The van der Waals surface area contributed by atoms with Crippen molar-refractivity contribution in [1.82, 2.24) is 5.01 Å². The maximum atomic E-state index is 6.65. The third kappa shape index (κ3) is 4.26. The fourth-order valence-corrected chi connectivity index (χ4v) is 4.84. The first-order valence-electron chi connectivity index (χ1n) is 10.1. The molecule has 0 aliphatic carbocycles. The second-order valence-electron chi connectivity index (χ2n) is 7.67. The maximum Gasteiger partial charge on any atom is 0.0408 e. The van der Waals surface area contributed by atoms with E-state index in [1.807, 2.05) is 0 Å². The topological polar surface area (TPSA) is 29.3 Å². The summed E-state index contributed by atoms with van der Waals surface area (Å²) < 4.78 is 0. The first kappa shape index (κ1) is 20.0. The number of unbranched alkanes of at least 4 members (excludes halogenated alkanes) is 4. The van der Waals surface area contributed by atoms with Crippen LogP contribution in [0.2, 0.25) is 0 Å². The Kier molecular flexibility index (Phi) is 9.01. The summed E-state index contributed by atoms with van der Waals surface area (Å²) in [5.41, 5.74) is 0.765. The first-order chi connectivity index (χ1) is 10.6. The fourth-order valence-electron chi connectivity index (χ4n) is 4.84. The van der Waals surface area contributed by atoms with Crippen molar-refractivity contribution in [2.75, 3.05) is 6.54 Å². The molecule has 2 heteroatoms. The van der Waals surface area contributed by atoms with Crippen LogP contribution in [0, 0.1) is 5.41 Å². The van der Waals surface area contributed by atoms with Gasteiger partial charge in [-0.1, -0.05) is 79.1 Å². The van der Waals surface area contributed by atoms with Crippen LogP contribution in [0.3, 0.4) is 0 Å². The lowest BCUT2D eigenvalue weighted by Gasteiger charge is -2.50. The normalized spacial score (nSPS) is 20.6. The molecule has 0 unspecified atom stereocenters. The standard InChI is InChI=1S/C20H42N2/c1-5-9-13-19(14-10-6-2)17-18-22(21)20(19,15-11-7-3)16-12-8-4/h5-18,21H2,1-4H3. The van der Waals surface area contributed by atoms with Crippen LogP contribution in [-0.4, -0.2) is 17.1 Å². The molecular formula is C20H42N2. The molecule has 0 spiro atoms. The van der Waals surface area contributed by atoms with Gasteiger partial charge in [0.2, 0.25) is 0 Å². The minimum Gasteiger partial charge on any atom is -0.268 e. The van der Waals surface area contributed by atoms with Gasteiger partial charge in [0.25, 0.3) is 0 Å². The Hall–Kier alpha value is -0.0800. The van der Waals surface area contributed by atoms with Crippen LogP contribution in [0.25, 0.3) is 0 Å². The summed E-state index contributed by atoms with van der Waals surface area (Å²) in [6.45, 7) is 10.4. The minimum atomic E-state index is 0.281. The molecule has 0 bridgehead atoms. The predicted octanol–water partition coefficient (Wildman–Crippen LogP) is 6.05. The molecule has 0 amide bonds. The molecule has 1 saturated heterocycles. The number of rotatable bonds is 12. The molecule has 0 atom stereocenters. The van der Waals surface area contributed by atoms with Crippen LogP contribution in [0.4, 0.5) is 0 Å². The zero-order chi connectivity index (χ0) is 16.5. The summed E-state index contributed by atoms with van der Waals surface area (Å²) in [5.74, 6) is 6.65. The van der Waals surface area contributed by atoms with Gasteiger partial charge in [0.1, 0.15) is 0 Å². The van der Waals surface area contributed by atoms with Gasteiger partial charge in [-0.15, -0.1) is 0 Å². The van der Waals surface area contributed by atoms with Crippen molar-refractivity contribution >= 4 is 0 Å². The summed E-state index contributed by atoms with van der Waals surface area (Å²) >= 11 is 0. The Labute approximate surface area is 140 Å². The number of hydrogen-bond donors (Lipinski definition) is 1. The second kappa shape index (κ2) is 9.93. The Morgan fingerprint density at radius 3 is 1.55 bits per heavy atom. The molecule has 0 aromatic heterocycles. The van der Waals surface area contributed by atoms with Crippen LogP contribution >= 0.6 is 0 Å². The summed E-state index contributed by atoms with van der Waals surface area (Å²) in [5, 5.41) is 2.30. The Balaban J connectivity index is 3.08. The molecule has 0 aromatic carbocycles. The van der Waals surface area contributed by atoms with Gasteiger partial charge in [0, 0.05) is 12.1 Å². The van der Waals surface area contributed by atoms with E-state index >= 15 is 0 Å². The number of hydrogen-bond acceptors (Lipinski definition) is 2. The molecule has 132 valence electrons. The van der Waals surface area contributed by atoms with Crippen LogP contribution in [0.15, 0.2) is 0 Å². The Morgan fingerprint density at radius 2 is 1.14 bits per heavy atom. The van der Waals surface area contributed by atoms with Gasteiger partial charge in [-0.25, -0.2) is 5.01 Å². The van der Waals surface area contributed by atoms with Gasteiger partial charge in [0.15, 0.2) is 0 Å². The molecular weight excluding hydrogens is 268 g/mol. The molecule has 0 saturated carbocycles. The van der Waals surface area contributed by atoms with Crippen molar-refractivity contribution in [3.63, 3.8) is 0 Å². The lowest BCUT2D eigenvalue weighted by atomic mass is 9.61. The SMILES string of the molecule is CCCCC1(CCCC)CCN(N)C1(CCCC)CCCC. The third-order valence-electron chi connectivity index (χ3n) is 6.27. The summed E-state index contributed by atoms with van der Waals surface area (Å²) in [4.78, 5) is 0. The van der Waals surface area contributed by atoms with Crippen LogP contribution in [-0.2, 0) is 0 Å². The highest BCUT2D eigenvalue weighted by Crippen LogP contribution is 2.55. The molecule has 1 fully saturated rings. The van der Waals surface area contributed by atoms with E-state index in [1.54, 1.807) is 0 Å². The van der Waals surface area contributed by atoms with E-state index in [9.17, 15) is 0 Å². The van der Waals surface area contributed by atoms with Gasteiger partial charge < -0.3 is 0 Å². The van der Waals surface area contributed by atoms with Crippen molar-refractivity contribution < 1.29 is 0 Å². The average Bonchev–Trinajstić information content (AvgIpc) is 2.80. The summed E-state index contributed by atoms with van der Waals surface area (Å²) in [6.07, 6.45) is 17.4. The zero-order valence-electron chi connectivity index (χ0n) is 15.9. The summed E-state index contributed by atoms with van der Waals surface area (Å²) in [7, 11) is 0. The number of hydrazine groups is 1. The van der Waals surface area contributed by atoms with Crippen molar-refractivity contribution in [2.45, 2.75) is 117 Å². The highest BCUT2D eigenvalue weighted by molar-refractivity contribution is 5.09. The second-order valence-corrected chi connectivity index (χ2v) is 7.67. The Bertz CT molecular complexity index is 271. The van der Waals surface area contributed by atoms with Gasteiger partial charge in [-0.2, -0.15) is 0 Å². The van der Waals surface area contributed by atoms with Crippen LogP contribution < -0.4 is 5.84 Å². The lowest BCUT2D eigenvalue weighted by molar-refractivity contribution is -0.00289. The van der Waals surface area contributed by atoms with E-state index in [2.05, 4.69) is 32.7 Å². The zero-order valence-corrected chi connectivity index (χ0v) is 15.9. The average molecular weight is 311 g/mol. The molecule has 1 aliphatic heterocycles. The molecule has 2 nitrogen and oxygen atoms in total. The number of nitrogens with two attached hydrogens (primary N) is 1. The quantitative estimate of drug-likeness (QED) is 0.444. The molecule has 2 N–H and O–H groups in total. The van der Waals surface area contributed by atoms with Gasteiger partial charge in [0.05, 0.1) is 0 Å². The highest BCUT2D eigenvalue weighted by Gasteiger charge is 2.55. The van der Waals surface area contributed by atoms with Crippen molar-refractivity contribution in [3.05, 3.63) is 0 Å². The smallest absolute Gasteiger partial charge is 0.0408 e. The van der Waals surface area contributed by atoms with Crippen molar-refractivity contribution in [3.8, 4) is 0 Å². The van der Waals surface area contributed by atoms with E-state index in [0.717, 1.165) is 6.54 Å². The van der Waals surface area contributed by atoms with Gasteiger partial charge in [-0.05, 0) is 37.5 Å². The molecule has 1 aliphatic rings. The van der Waals surface area contributed by atoms with E-state index < -0.39 is 0 Å². The summed E-state index contributed by atoms with van der Waals surface area (Å²) in [6, 6.07) is 0. The van der Waals surface area contributed by atoms with Crippen LogP contribution in [0.5, 0.6) is 0 Å². The van der Waals surface area contributed by atoms with Gasteiger partial charge in [-0.3, -0.25) is 5.84 Å². The Morgan fingerprint density at radius 1 is 0.727 bits per heavy atom. The fraction of sp³-hybridized carbons (Fsp3) is 1.00. The molecule has 1 heterocycles. The maximum absolute atomic E-state index is 6.65. The molecule has 22 heavy (non-hydrogen) atoms. The molecule has 0 aromatic rings.